The summed E-state index contributed by atoms with van der Waals surface area (Å²) in [6.07, 6.45) is -10.1. The van der Waals surface area contributed by atoms with Crippen LogP contribution in [0.25, 0.3) is 0 Å². The van der Waals surface area contributed by atoms with Crippen molar-refractivity contribution in [2.45, 2.75) is 80.9 Å². The molecule has 0 unspecified atom stereocenters. The molecule has 0 aromatic heterocycles. The standard InChI is InChI=1S/C14H26O10.C8H9NO5.K.H3N/c1-5-6(3-15)22-14(10(19)8(5)17)24-12-7(4-16)23-13(21-2)11(20)9(12)18;10-2-1-4-7(8(12)13)9-5(11)3-6(9)14-4;;/h5-20H,3-4H2,1-2H3;1,6-7,10H,2-3H2,(H,12,13);;1H3/q;;+1;/b;4-1-;;/t5-,6-,7-,8+,9-,10-,11-,12-,13-,14+;6-,7-;;/m11../s1. The molecule has 12 atom stereocenters. The molecule has 0 saturated carbocycles. The zero-order valence-electron chi connectivity index (χ0n) is 22.4. The molecule has 4 aliphatic heterocycles. The van der Waals surface area contributed by atoms with E-state index in [2.05, 4.69) is 0 Å². The van der Waals surface area contributed by atoms with Crippen LogP contribution in [0.1, 0.15) is 13.3 Å². The van der Waals surface area contributed by atoms with Crippen molar-refractivity contribution < 1.29 is 126 Å². The van der Waals surface area contributed by atoms with Crippen LogP contribution in [0, 0.1) is 5.92 Å². The van der Waals surface area contributed by atoms with Gasteiger partial charge in [0.05, 0.1) is 38.4 Å². The number of ether oxygens (including phenoxy) is 5. The fourth-order valence-corrected chi connectivity index (χ4v) is 4.62. The third-order valence-corrected chi connectivity index (χ3v) is 6.88. The van der Waals surface area contributed by atoms with Gasteiger partial charge < -0.3 is 70.7 Å². The first-order chi connectivity index (χ1) is 18.0. The molecule has 4 rings (SSSR count). The summed E-state index contributed by atoms with van der Waals surface area (Å²) in [4.78, 5) is 23.1. The van der Waals surface area contributed by atoms with Gasteiger partial charge in [0.1, 0.15) is 36.3 Å². The smallest absolute Gasteiger partial charge is 0.479 e. The molecule has 0 bridgehead atoms. The van der Waals surface area contributed by atoms with E-state index < -0.39 is 92.7 Å². The number of methoxy groups -OCH3 is 1. The van der Waals surface area contributed by atoms with Gasteiger partial charge in [-0.3, -0.25) is 9.69 Å². The minimum Gasteiger partial charge on any atom is -0.479 e. The van der Waals surface area contributed by atoms with Crippen molar-refractivity contribution in [1.29, 1.82) is 0 Å². The normalized spacial score (nSPS) is 41.4. The van der Waals surface area contributed by atoms with E-state index in [-0.39, 0.29) is 82.2 Å². The van der Waals surface area contributed by atoms with Crippen molar-refractivity contribution in [2.24, 2.45) is 5.92 Å². The van der Waals surface area contributed by atoms with E-state index in [4.69, 9.17) is 33.9 Å². The maximum Gasteiger partial charge on any atom is 1.00 e. The van der Waals surface area contributed by atoms with Gasteiger partial charge in [0, 0.05) is 13.0 Å². The van der Waals surface area contributed by atoms with Crippen LogP contribution < -0.4 is 57.5 Å². The number of aliphatic hydroxyl groups excluding tert-OH is 7. The number of fused-ring (bicyclic) bond motifs is 1. The summed E-state index contributed by atoms with van der Waals surface area (Å²) in [5.41, 5.74) is 0. The van der Waals surface area contributed by atoms with Crippen LogP contribution in [-0.4, -0.2) is 152 Å². The third-order valence-electron chi connectivity index (χ3n) is 6.88. The Morgan fingerprint density at radius 2 is 1.57 bits per heavy atom. The summed E-state index contributed by atoms with van der Waals surface area (Å²) in [5, 5.41) is 76.5. The number of aliphatic hydroxyl groups is 7. The molecule has 4 saturated heterocycles. The zero-order valence-corrected chi connectivity index (χ0v) is 25.5. The van der Waals surface area contributed by atoms with Gasteiger partial charge in [0.15, 0.2) is 24.8 Å². The number of β-lactam (4-membered cyclic amide) rings is 1. The summed E-state index contributed by atoms with van der Waals surface area (Å²) in [5.74, 6) is -1.76. The largest absolute Gasteiger partial charge is 1.00 e. The Hall–Kier alpha value is -0.364. The molecule has 17 nitrogen and oxygen atoms in total. The van der Waals surface area contributed by atoms with Crippen LogP contribution in [0.4, 0.5) is 0 Å². The fraction of sp³-hybridized carbons (Fsp3) is 0.818. The van der Waals surface area contributed by atoms with Gasteiger partial charge in [0.25, 0.3) is 0 Å². The Balaban J connectivity index is 0.000000428. The third kappa shape index (κ3) is 7.77. The van der Waals surface area contributed by atoms with Crippen molar-refractivity contribution in [3.63, 3.8) is 0 Å². The molecular weight excluding hydrogens is 571 g/mol. The number of hydrogen-bond acceptors (Lipinski definition) is 15. The Kier molecular flexibility index (Phi) is 15.5. The van der Waals surface area contributed by atoms with E-state index >= 15 is 0 Å². The van der Waals surface area contributed by atoms with Gasteiger partial charge in [-0.05, 0) is 6.08 Å². The fourth-order valence-electron chi connectivity index (χ4n) is 4.62. The van der Waals surface area contributed by atoms with Crippen molar-refractivity contribution >= 4 is 11.9 Å². The van der Waals surface area contributed by atoms with Crippen molar-refractivity contribution in [3.05, 3.63) is 11.8 Å². The van der Waals surface area contributed by atoms with Gasteiger partial charge in [-0.2, -0.15) is 0 Å². The number of rotatable bonds is 7. The number of hydrogen-bond donors (Lipinski definition) is 9. The molecule has 4 aliphatic rings. The number of carboxylic acid groups (broad SMARTS) is 1. The molecular formula is C22H38KN2O15+. The quantitative estimate of drug-likeness (QED) is 0.0957. The molecule has 0 radical (unpaired) electrons. The van der Waals surface area contributed by atoms with Crippen LogP contribution >= 0.6 is 0 Å². The number of carboxylic acids is 1. The summed E-state index contributed by atoms with van der Waals surface area (Å²) in [6.45, 7) is 0.368. The number of carbonyl (C=O) groups is 2. The summed E-state index contributed by atoms with van der Waals surface area (Å²) in [6, 6.07) is -1.06. The van der Waals surface area contributed by atoms with Crippen molar-refractivity contribution in [2.75, 3.05) is 26.9 Å². The second-order valence-electron chi connectivity index (χ2n) is 9.22. The summed E-state index contributed by atoms with van der Waals surface area (Å²) < 4.78 is 26.3. The molecule has 0 aromatic rings. The molecule has 1 amide bonds. The van der Waals surface area contributed by atoms with Crippen LogP contribution in [-0.2, 0) is 33.3 Å². The van der Waals surface area contributed by atoms with Gasteiger partial charge >= 0.3 is 57.4 Å². The Bertz CT molecular complexity index is 864. The molecule has 4 fully saturated rings. The van der Waals surface area contributed by atoms with Gasteiger partial charge in [0.2, 0.25) is 5.91 Å². The second-order valence-corrected chi connectivity index (χ2v) is 9.22. The molecule has 4 heterocycles. The number of carbonyl (C=O) groups excluding carboxylic acids is 1. The molecule has 11 N–H and O–H groups in total. The Morgan fingerprint density at radius 3 is 2.08 bits per heavy atom. The topological polar surface area (TPSA) is 280 Å². The molecule has 0 aromatic carbocycles. The first-order valence-corrected chi connectivity index (χ1v) is 11.9. The molecule has 0 aliphatic carbocycles. The molecule has 226 valence electrons. The van der Waals surface area contributed by atoms with Gasteiger partial charge in [-0.1, -0.05) is 6.92 Å². The molecule has 40 heavy (non-hydrogen) atoms. The monoisotopic (exact) mass is 609 g/mol. The maximum atomic E-state index is 11.1. The number of nitrogens with zero attached hydrogens (tertiary/aromatic N) is 1. The minimum absolute atomic E-state index is 0. The van der Waals surface area contributed by atoms with Crippen molar-refractivity contribution in [3.8, 4) is 0 Å². The second kappa shape index (κ2) is 16.5. The van der Waals surface area contributed by atoms with Crippen molar-refractivity contribution in [1.82, 2.24) is 11.1 Å². The molecule has 0 spiro atoms. The van der Waals surface area contributed by atoms with Crippen LogP contribution in [0.2, 0.25) is 0 Å². The average Bonchev–Trinajstić information content (AvgIpc) is 3.19. The van der Waals surface area contributed by atoms with Crippen LogP contribution in [0.15, 0.2) is 11.8 Å². The SMILES string of the molecule is CO[C@@H]1O[C@H](CO)[C@@H](O[C@@H]2O[C@H](CO)[C@@H](C)[C@H](O)[C@H]2O)[C@H](O)[C@H]1O.N.O=C(O)[C@H]1/C(=C/CO)O[C@@H]2CC(=O)N21.[K+]. The summed E-state index contributed by atoms with van der Waals surface area (Å²) >= 11 is 0. The molecule has 18 heteroatoms. The van der Waals surface area contributed by atoms with Crippen LogP contribution in [0.5, 0.6) is 0 Å². The van der Waals surface area contributed by atoms with E-state index in [1.54, 1.807) is 6.92 Å². The number of amides is 1. The van der Waals surface area contributed by atoms with Gasteiger partial charge in [-0.15, -0.1) is 0 Å². The van der Waals surface area contributed by atoms with Crippen LogP contribution in [0.3, 0.4) is 0 Å². The van der Waals surface area contributed by atoms with E-state index in [0.29, 0.717) is 0 Å². The maximum absolute atomic E-state index is 11.1. The zero-order chi connectivity index (χ0) is 28.3. The predicted molar refractivity (Wildman–Crippen MR) is 125 cm³/mol. The van der Waals surface area contributed by atoms with E-state index in [9.17, 15) is 40.2 Å². The predicted octanol–water partition coefficient (Wildman–Crippen LogP) is -7.40. The number of aliphatic carboxylic acids is 1. The summed E-state index contributed by atoms with van der Waals surface area (Å²) in [7, 11) is 1.27. The van der Waals surface area contributed by atoms with E-state index in [0.717, 1.165) is 0 Å². The van der Waals surface area contributed by atoms with E-state index in [1.807, 2.05) is 0 Å². The average molecular weight is 610 g/mol. The first kappa shape index (κ1) is 37.7. The minimum atomic E-state index is -1.49. The first-order valence-electron chi connectivity index (χ1n) is 11.9. The van der Waals surface area contributed by atoms with E-state index in [1.165, 1.54) is 18.1 Å². The Labute approximate surface area is 272 Å². The Morgan fingerprint density at radius 1 is 1.00 bits per heavy atom. The van der Waals surface area contributed by atoms with Gasteiger partial charge in [-0.25, -0.2) is 4.79 Å².